The number of carbonyl (C=O) groups is 1. The lowest BCUT2D eigenvalue weighted by atomic mass is 10.2. The fourth-order valence-corrected chi connectivity index (χ4v) is 5.90. The number of benzene rings is 1. The number of carbonyl (C=O) groups excluding carboxylic acids is 1. The van der Waals surface area contributed by atoms with Crippen molar-refractivity contribution >= 4 is 38.6 Å². The van der Waals surface area contributed by atoms with E-state index in [4.69, 9.17) is 0 Å². The molecule has 2 aliphatic rings. The number of aromatic nitrogens is 1. The second-order valence-electron chi connectivity index (χ2n) is 7.31. The quantitative estimate of drug-likeness (QED) is 0.756. The van der Waals surface area contributed by atoms with Gasteiger partial charge in [0.25, 0.3) is 0 Å². The number of sulfonamides is 1. The highest BCUT2D eigenvalue weighted by Crippen LogP contribution is 2.30. The van der Waals surface area contributed by atoms with Gasteiger partial charge in [-0.05, 0) is 24.5 Å². The van der Waals surface area contributed by atoms with E-state index in [0.29, 0.717) is 18.1 Å². The Kier molecular flexibility index (Phi) is 5.98. The molecule has 0 atom stereocenters. The molecule has 1 fully saturated rings. The Balaban J connectivity index is 1.39. The van der Waals surface area contributed by atoms with Crippen molar-refractivity contribution in [2.45, 2.75) is 44.7 Å². The third kappa shape index (κ3) is 5.04. The van der Waals surface area contributed by atoms with Gasteiger partial charge >= 0.3 is 6.03 Å². The Morgan fingerprint density at radius 3 is 2.72 bits per heavy atom. The minimum absolute atomic E-state index is 0.238. The topological polar surface area (TPSA) is 91.4 Å². The second kappa shape index (κ2) is 8.64. The lowest BCUT2D eigenvalue weighted by Gasteiger charge is -2.23. The van der Waals surface area contributed by atoms with Crippen LogP contribution < -0.4 is 10.6 Å². The summed E-state index contributed by atoms with van der Waals surface area (Å²) in [5, 5.41) is 7.55. The van der Waals surface area contributed by atoms with Gasteiger partial charge in [-0.3, -0.25) is 5.32 Å². The number of hydrogen-bond donors (Lipinski definition) is 2. The maximum absolute atomic E-state index is 12.7. The minimum atomic E-state index is -3.52. The summed E-state index contributed by atoms with van der Waals surface area (Å²) < 4.78 is 26.8. The molecule has 0 unspecified atom stereocenters. The summed E-state index contributed by atoms with van der Waals surface area (Å²) in [6.45, 7) is 0.659. The van der Waals surface area contributed by atoms with Gasteiger partial charge in [-0.25, -0.2) is 18.2 Å². The van der Waals surface area contributed by atoms with Crippen molar-refractivity contribution in [2.24, 2.45) is 0 Å². The number of urea groups is 1. The number of rotatable bonds is 5. The van der Waals surface area contributed by atoms with E-state index >= 15 is 0 Å². The zero-order chi connectivity index (χ0) is 20.3. The Bertz CT molecular complexity index is 996. The summed E-state index contributed by atoms with van der Waals surface area (Å²) in [6, 6.07) is 9.35. The normalized spacial score (nSPS) is 18.1. The lowest BCUT2D eigenvalue weighted by Crippen LogP contribution is -2.36. The summed E-state index contributed by atoms with van der Waals surface area (Å²) >= 11 is 1.34. The van der Waals surface area contributed by atoms with Gasteiger partial charge in [0.05, 0.1) is 12.2 Å². The molecule has 0 bridgehead atoms. The summed E-state index contributed by atoms with van der Waals surface area (Å²) in [4.78, 5) is 17.5. The zero-order valence-electron chi connectivity index (χ0n) is 16.0. The highest BCUT2D eigenvalue weighted by Gasteiger charge is 2.28. The number of anilines is 1. The average Bonchev–Trinajstić information content (AvgIpc) is 3.35. The first-order valence-electron chi connectivity index (χ1n) is 9.79. The standard InChI is InChI=1S/C20H24N4O3S2/c25-19(21-16-8-4-5-9-16)23-20-22-17-10-12-24(14-18(17)28-20)29(26,27)13-11-15-6-2-1-3-7-15/h1-3,6-7,11,13,16H,4-5,8-10,12,14H2,(H2,21,22,23,25)/b13-11+. The van der Waals surface area contributed by atoms with Crippen molar-refractivity contribution in [1.29, 1.82) is 0 Å². The molecule has 1 aromatic carbocycles. The maximum atomic E-state index is 12.7. The van der Waals surface area contributed by atoms with Crippen molar-refractivity contribution in [3.05, 3.63) is 51.9 Å². The first-order chi connectivity index (χ1) is 14.0. The van der Waals surface area contributed by atoms with Gasteiger partial charge in [0.1, 0.15) is 0 Å². The van der Waals surface area contributed by atoms with E-state index in [9.17, 15) is 13.2 Å². The van der Waals surface area contributed by atoms with Crippen LogP contribution in [0.5, 0.6) is 0 Å². The van der Waals surface area contributed by atoms with Gasteiger partial charge in [-0.15, -0.1) is 0 Å². The molecule has 1 aromatic heterocycles. The number of hydrogen-bond acceptors (Lipinski definition) is 5. The number of nitrogens with one attached hydrogen (secondary N) is 2. The molecule has 1 saturated carbocycles. The van der Waals surface area contributed by atoms with Crippen LogP contribution in [0.1, 0.15) is 41.8 Å². The molecular formula is C20H24N4O3S2. The summed E-state index contributed by atoms with van der Waals surface area (Å²) in [5.74, 6) is 0. The molecule has 0 spiro atoms. The third-order valence-corrected chi connectivity index (χ3v) is 7.71. The van der Waals surface area contributed by atoms with Crippen LogP contribution in [-0.4, -0.2) is 36.3 Å². The molecule has 1 aliphatic heterocycles. The van der Waals surface area contributed by atoms with Crippen LogP contribution in [-0.2, 0) is 23.0 Å². The van der Waals surface area contributed by atoms with Crippen LogP contribution in [0.3, 0.4) is 0 Å². The van der Waals surface area contributed by atoms with Gasteiger partial charge in [-0.2, -0.15) is 4.31 Å². The summed E-state index contributed by atoms with van der Waals surface area (Å²) in [5.41, 5.74) is 1.70. The molecule has 4 rings (SSSR count). The molecule has 29 heavy (non-hydrogen) atoms. The number of nitrogens with zero attached hydrogens (tertiary/aromatic N) is 2. The smallest absolute Gasteiger partial charge is 0.321 e. The van der Waals surface area contributed by atoms with Crippen LogP contribution in [0.4, 0.5) is 9.93 Å². The average molecular weight is 433 g/mol. The SMILES string of the molecule is O=C(Nc1nc2c(s1)CN(S(=O)(=O)/C=C/c1ccccc1)CC2)NC1CCCC1. The van der Waals surface area contributed by atoms with Crippen molar-refractivity contribution in [3.8, 4) is 0 Å². The van der Waals surface area contributed by atoms with Crippen molar-refractivity contribution in [3.63, 3.8) is 0 Å². The molecule has 154 valence electrons. The lowest BCUT2D eigenvalue weighted by molar-refractivity contribution is 0.248. The van der Waals surface area contributed by atoms with Gasteiger partial charge in [-0.1, -0.05) is 54.5 Å². The van der Waals surface area contributed by atoms with E-state index in [0.717, 1.165) is 41.8 Å². The monoisotopic (exact) mass is 432 g/mol. The Labute approximate surface area is 174 Å². The van der Waals surface area contributed by atoms with E-state index in [1.54, 1.807) is 6.08 Å². The van der Waals surface area contributed by atoms with Gasteiger partial charge in [0.2, 0.25) is 10.0 Å². The van der Waals surface area contributed by atoms with E-state index in [1.165, 1.54) is 21.1 Å². The molecule has 1 aliphatic carbocycles. The highest BCUT2D eigenvalue weighted by molar-refractivity contribution is 7.92. The second-order valence-corrected chi connectivity index (χ2v) is 10.2. The molecule has 2 N–H and O–H groups in total. The van der Waals surface area contributed by atoms with Crippen LogP contribution in [0.2, 0.25) is 0 Å². The van der Waals surface area contributed by atoms with Crippen molar-refractivity contribution in [1.82, 2.24) is 14.6 Å². The molecule has 0 radical (unpaired) electrons. The largest absolute Gasteiger partial charge is 0.335 e. The Morgan fingerprint density at radius 1 is 1.21 bits per heavy atom. The van der Waals surface area contributed by atoms with E-state index < -0.39 is 10.0 Å². The minimum Gasteiger partial charge on any atom is -0.335 e. The van der Waals surface area contributed by atoms with Crippen LogP contribution in [0.15, 0.2) is 35.7 Å². The van der Waals surface area contributed by atoms with Crippen molar-refractivity contribution in [2.75, 3.05) is 11.9 Å². The molecule has 2 heterocycles. The summed E-state index contributed by atoms with van der Waals surface area (Å²) in [7, 11) is -3.52. The van der Waals surface area contributed by atoms with E-state index in [1.807, 2.05) is 30.3 Å². The van der Waals surface area contributed by atoms with E-state index in [-0.39, 0.29) is 18.6 Å². The number of amides is 2. The van der Waals surface area contributed by atoms with E-state index in [2.05, 4.69) is 15.6 Å². The maximum Gasteiger partial charge on any atom is 0.321 e. The molecule has 7 nitrogen and oxygen atoms in total. The first kappa shape index (κ1) is 20.1. The van der Waals surface area contributed by atoms with Crippen LogP contribution >= 0.6 is 11.3 Å². The van der Waals surface area contributed by atoms with Crippen LogP contribution in [0.25, 0.3) is 6.08 Å². The van der Waals surface area contributed by atoms with Gasteiger partial charge < -0.3 is 5.32 Å². The molecule has 2 aromatic rings. The fourth-order valence-electron chi connectivity index (χ4n) is 3.65. The van der Waals surface area contributed by atoms with Gasteiger partial charge in [0.15, 0.2) is 5.13 Å². The summed E-state index contributed by atoms with van der Waals surface area (Å²) in [6.07, 6.45) is 6.49. The van der Waals surface area contributed by atoms with Crippen molar-refractivity contribution < 1.29 is 13.2 Å². The molecule has 9 heteroatoms. The zero-order valence-corrected chi connectivity index (χ0v) is 17.6. The Hall–Kier alpha value is -2.23. The number of fused-ring (bicyclic) bond motifs is 1. The predicted molar refractivity (Wildman–Crippen MR) is 115 cm³/mol. The Morgan fingerprint density at radius 2 is 1.97 bits per heavy atom. The third-order valence-electron chi connectivity index (χ3n) is 5.20. The first-order valence-corrected chi connectivity index (χ1v) is 12.1. The van der Waals surface area contributed by atoms with Gasteiger partial charge in [0, 0.05) is 29.3 Å². The molecule has 2 amide bonds. The number of thiazole rings is 1. The molecular weight excluding hydrogens is 408 g/mol. The molecule has 0 saturated heterocycles. The highest BCUT2D eigenvalue weighted by atomic mass is 32.2. The predicted octanol–water partition coefficient (Wildman–Crippen LogP) is 3.57. The fraction of sp³-hybridized carbons (Fsp3) is 0.400. The van der Waals surface area contributed by atoms with Crippen LogP contribution in [0, 0.1) is 0 Å².